The second-order valence-corrected chi connectivity index (χ2v) is 4.20. The summed E-state index contributed by atoms with van der Waals surface area (Å²) in [5.41, 5.74) is 0. The van der Waals surface area contributed by atoms with Crippen LogP contribution in [-0.4, -0.2) is 34.8 Å². The minimum Gasteiger partial charge on any atom is -0.478 e. The molecule has 0 aliphatic carbocycles. The van der Waals surface area contributed by atoms with E-state index >= 15 is 0 Å². The summed E-state index contributed by atoms with van der Waals surface area (Å²) in [7, 11) is 0. The first-order valence-electron chi connectivity index (χ1n) is 6.60. The topological polar surface area (TPSA) is 67.3 Å². The molecule has 1 aromatic rings. The third kappa shape index (κ3) is 5.31. The van der Waals surface area contributed by atoms with Crippen molar-refractivity contribution in [1.29, 1.82) is 0 Å². The van der Waals surface area contributed by atoms with E-state index in [1.807, 2.05) is 6.92 Å². The van der Waals surface area contributed by atoms with Gasteiger partial charge in [-0.2, -0.15) is 4.98 Å². The molecule has 1 atom stereocenters. The molecule has 18 heavy (non-hydrogen) atoms. The summed E-state index contributed by atoms with van der Waals surface area (Å²) in [6.45, 7) is 5.68. The van der Waals surface area contributed by atoms with Crippen molar-refractivity contribution in [1.82, 2.24) is 9.97 Å². The van der Waals surface area contributed by atoms with Crippen LogP contribution >= 0.6 is 0 Å². The zero-order chi connectivity index (χ0) is 13.2. The normalized spacial score (nSPS) is 12.2. The SMILES string of the molecule is CCCC(CCO)CNc1nccc(OCC)n1. The Hall–Kier alpha value is -1.36. The molecular formula is C13H23N3O2. The van der Waals surface area contributed by atoms with E-state index in [1.54, 1.807) is 12.3 Å². The Morgan fingerprint density at radius 2 is 2.22 bits per heavy atom. The van der Waals surface area contributed by atoms with Gasteiger partial charge in [-0.3, -0.25) is 0 Å². The predicted molar refractivity (Wildman–Crippen MR) is 71.8 cm³/mol. The van der Waals surface area contributed by atoms with Gasteiger partial charge in [0.15, 0.2) is 0 Å². The van der Waals surface area contributed by atoms with Crippen LogP contribution in [0, 0.1) is 5.92 Å². The molecule has 1 unspecified atom stereocenters. The summed E-state index contributed by atoms with van der Waals surface area (Å²) >= 11 is 0. The molecule has 0 amide bonds. The van der Waals surface area contributed by atoms with E-state index in [4.69, 9.17) is 9.84 Å². The fourth-order valence-electron chi connectivity index (χ4n) is 1.83. The first-order chi connectivity index (χ1) is 8.80. The van der Waals surface area contributed by atoms with E-state index in [2.05, 4.69) is 22.2 Å². The molecule has 0 bridgehead atoms. The highest BCUT2D eigenvalue weighted by Gasteiger charge is 2.08. The number of rotatable bonds is 9. The van der Waals surface area contributed by atoms with Crippen LogP contribution in [0.25, 0.3) is 0 Å². The van der Waals surface area contributed by atoms with E-state index in [0.717, 1.165) is 25.8 Å². The van der Waals surface area contributed by atoms with Crippen LogP contribution in [0.5, 0.6) is 5.88 Å². The van der Waals surface area contributed by atoms with Gasteiger partial charge in [0.2, 0.25) is 11.8 Å². The van der Waals surface area contributed by atoms with E-state index in [9.17, 15) is 0 Å². The van der Waals surface area contributed by atoms with Crippen LogP contribution in [0.1, 0.15) is 33.1 Å². The van der Waals surface area contributed by atoms with Crippen molar-refractivity contribution in [3.05, 3.63) is 12.3 Å². The number of nitrogens with zero attached hydrogens (tertiary/aromatic N) is 2. The molecule has 0 saturated carbocycles. The van der Waals surface area contributed by atoms with Crippen LogP contribution in [0.4, 0.5) is 5.95 Å². The molecule has 0 aromatic carbocycles. The number of aliphatic hydroxyl groups is 1. The Balaban J connectivity index is 2.47. The van der Waals surface area contributed by atoms with E-state index in [1.165, 1.54) is 0 Å². The van der Waals surface area contributed by atoms with Crippen LogP contribution in [0.15, 0.2) is 12.3 Å². The third-order valence-electron chi connectivity index (χ3n) is 2.71. The van der Waals surface area contributed by atoms with E-state index in [0.29, 0.717) is 24.4 Å². The third-order valence-corrected chi connectivity index (χ3v) is 2.71. The van der Waals surface area contributed by atoms with Gasteiger partial charge < -0.3 is 15.2 Å². The standard InChI is InChI=1S/C13H23N3O2/c1-3-5-11(7-9-17)10-15-13-14-8-6-12(16-13)18-4-2/h6,8,11,17H,3-5,7,9-10H2,1-2H3,(H,14,15,16). The molecule has 0 saturated heterocycles. The molecule has 5 nitrogen and oxygen atoms in total. The lowest BCUT2D eigenvalue weighted by atomic mass is 10.0. The molecule has 102 valence electrons. The first kappa shape index (κ1) is 14.7. The van der Waals surface area contributed by atoms with Crippen molar-refractivity contribution in [3.63, 3.8) is 0 Å². The summed E-state index contributed by atoms with van der Waals surface area (Å²) in [5, 5.41) is 12.2. The van der Waals surface area contributed by atoms with Crippen LogP contribution < -0.4 is 10.1 Å². The molecule has 0 radical (unpaired) electrons. The van der Waals surface area contributed by atoms with Crippen LogP contribution in [0.2, 0.25) is 0 Å². The fourth-order valence-corrected chi connectivity index (χ4v) is 1.83. The van der Waals surface area contributed by atoms with E-state index in [-0.39, 0.29) is 6.61 Å². The Bertz CT molecular complexity index is 328. The molecule has 1 heterocycles. The second kappa shape index (κ2) is 8.69. The second-order valence-electron chi connectivity index (χ2n) is 4.20. The molecule has 1 aromatic heterocycles. The van der Waals surface area contributed by atoms with Gasteiger partial charge in [-0.05, 0) is 25.7 Å². The monoisotopic (exact) mass is 253 g/mol. The van der Waals surface area contributed by atoms with Gasteiger partial charge in [0.25, 0.3) is 0 Å². The van der Waals surface area contributed by atoms with Gasteiger partial charge in [-0.15, -0.1) is 0 Å². The minimum atomic E-state index is 0.228. The minimum absolute atomic E-state index is 0.228. The van der Waals surface area contributed by atoms with Crippen LogP contribution in [0.3, 0.4) is 0 Å². The van der Waals surface area contributed by atoms with Gasteiger partial charge in [0.05, 0.1) is 6.61 Å². The number of nitrogens with one attached hydrogen (secondary N) is 1. The number of hydrogen-bond donors (Lipinski definition) is 2. The van der Waals surface area contributed by atoms with Crippen LogP contribution in [-0.2, 0) is 0 Å². The summed E-state index contributed by atoms with van der Waals surface area (Å²) in [6.07, 6.45) is 4.71. The number of aliphatic hydroxyl groups excluding tert-OH is 1. The highest BCUT2D eigenvalue weighted by Crippen LogP contribution is 2.13. The number of ether oxygens (including phenoxy) is 1. The Morgan fingerprint density at radius 3 is 2.89 bits per heavy atom. The largest absolute Gasteiger partial charge is 0.478 e. The maximum atomic E-state index is 9.00. The molecule has 0 spiro atoms. The molecular weight excluding hydrogens is 230 g/mol. The molecule has 0 aliphatic rings. The van der Waals surface area contributed by atoms with Gasteiger partial charge in [0.1, 0.15) is 0 Å². The zero-order valence-electron chi connectivity index (χ0n) is 11.2. The molecule has 2 N–H and O–H groups in total. The molecule has 5 heteroatoms. The van der Waals surface area contributed by atoms with Crippen molar-refractivity contribution in [2.75, 3.05) is 25.1 Å². The van der Waals surface area contributed by atoms with Crippen molar-refractivity contribution < 1.29 is 9.84 Å². The maximum absolute atomic E-state index is 9.00. The van der Waals surface area contributed by atoms with Crippen molar-refractivity contribution in [3.8, 4) is 5.88 Å². The summed E-state index contributed by atoms with van der Waals surface area (Å²) in [4.78, 5) is 8.40. The maximum Gasteiger partial charge on any atom is 0.225 e. The van der Waals surface area contributed by atoms with Crippen molar-refractivity contribution in [2.24, 2.45) is 5.92 Å². The molecule has 0 fully saturated rings. The van der Waals surface area contributed by atoms with Gasteiger partial charge in [0, 0.05) is 25.4 Å². The van der Waals surface area contributed by atoms with Crippen molar-refractivity contribution >= 4 is 5.95 Å². The average molecular weight is 253 g/mol. The number of hydrogen-bond acceptors (Lipinski definition) is 5. The molecule has 1 rings (SSSR count). The van der Waals surface area contributed by atoms with Gasteiger partial charge in [-0.25, -0.2) is 4.98 Å². The Labute approximate surface area is 109 Å². The van der Waals surface area contributed by atoms with Gasteiger partial charge in [-0.1, -0.05) is 13.3 Å². The number of aromatic nitrogens is 2. The summed E-state index contributed by atoms with van der Waals surface area (Å²) < 4.78 is 5.32. The lowest BCUT2D eigenvalue weighted by molar-refractivity contribution is 0.255. The zero-order valence-corrected chi connectivity index (χ0v) is 11.2. The quantitative estimate of drug-likeness (QED) is 0.705. The number of anilines is 1. The van der Waals surface area contributed by atoms with E-state index < -0.39 is 0 Å². The smallest absolute Gasteiger partial charge is 0.225 e. The first-order valence-corrected chi connectivity index (χ1v) is 6.60. The fraction of sp³-hybridized carbons (Fsp3) is 0.692. The summed E-state index contributed by atoms with van der Waals surface area (Å²) in [6, 6.07) is 1.74. The van der Waals surface area contributed by atoms with Crippen molar-refractivity contribution in [2.45, 2.75) is 33.1 Å². The Morgan fingerprint density at radius 1 is 1.39 bits per heavy atom. The predicted octanol–water partition coefficient (Wildman–Crippen LogP) is 2.09. The summed E-state index contributed by atoms with van der Waals surface area (Å²) in [5.74, 6) is 1.63. The lowest BCUT2D eigenvalue weighted by Crippen LogP contribution is -2.17. The molecule has 0 aliphatic heterocycles. The van der Waals surface area contributed by atoms with Gasteiger partial charge >= 0.3 is 0 Å². The highest BCUT2D eigenvalue weighted by molar-refractivity contribution is 5.27. The Kier molecular flexibility index (Phi) is 7.10. The average Bonchev–Trinajstić information content (AvgIpc) is 2.37. The highest BCUT2D eigenvalue weighted by atomic mass is 16.5. The lowest BCUT2D eigenvalue weighted by Gasteiger charge is -2.15.